The van der Waals surface area contributed by atoms with Gasteiger partial charge in [-0.25, -0.2) is 4.98 Å². The maximum atomic E-state index is 11.0. The minimum absolute atomic E-state index is 0.560. The zero-order valence-corrected chi connectivity index (χ0v) is 9.84. The molecule has 2 heterocycles. The first-order valence-corrected chi connectivity index (χ1v) is 5.70. The highest BCUT2D eigenvalue weighted by molar-refractivity contribution is 7.10. The van der Waals surface area contributed by atoms with Crippen LogP contribution in [-0.4, -0.2) is 21.4 Å². The molecule has 0 aliphatic carbocycles. The zero-order chi connectivity index (χ0) is 11.8. The largest absolute Gasteiger partial charge is 0.378 e. The van der Waals surface area contributed by atoms with Gasteiger partial charge in [0.25, 0.3) is 0 Å². The molecule has 0 saturated carbocycles. The van der Waals surface area contributed by atoms with E-state index in [9.17, 15) is 9.90 Å². The van der Waals surface area contributed by atoms with Crippen LogP contribution in [0.5, 0.6) is 0 Å². The Morgan fingerprint density at radius 2 is 2.38 bits per heavy atom. The molecule has 2 N–H and O–H groups in total. The number of aromatic nitrogens is 2. The molecule has 0 radical (unpaired) electrons. The van der Waals surface area contributed by atoms with Crippen LogP contribution >= 0.6 is 11.3 Å². The van der Waals surface area contributed by atoms with Gasteiger partial charge in [0.05, 0.1) is 23.1 Å². The molecule has 0 fully saturated rings. The van der Waals surface area contributed by atoms with Crippen molar-refractivity contribution in [2.75, 3.05) is 0 Å². The Hall–Kier alpha value is -1.46. The molecule has 84 valence electrons. The van der Waals surface area contributed by atoms with Crippen molar-refractivity contribution >= 4 is 17.6 Å². The summed E-state index contributed by atoms with van der Waals surface area (Å²) in [5, 5.41) is 12.3. The molecule has 0 bridgehead atoms. The van der Waals surface area contributed by atoms with Crippen molar-refractivity contribution in [3.63, 3.8) is 0 Å². The lowest BCUT2D eigenvalue weighted by Gasteiger charge is -2.21. The standard InChI is InChI=1S/C11H12N2O2S/c1-7-5-16-10(8(7)4-14)11(2,15)9-3-12-6-13-9/h3-6,15H,1-2H3,(H,12,13). The lowest BCUT2D eigenvalue weighted by molar-refractivity contribution is 0.0978. The van der Waals surface area contributed by atoms with Gasteiger partial charge in [-0.05, 0) is 24.8 Å². The Bertz CT molecular complexity index is 500. The van der Waals surface area contributed by atoms with E-state index in [2.05, 4.69) is 9.97 Å². The van der Waals surface area contributed by atoms with Gasteiger partial charge in [-0.2, -0.15) is 0 Å². The molecule has 4 nitrogen and oxygen atoms in total. The number of aromatic amines is 1. The number of hydrogen-bond acceptors (Lipinski definition) is 4. The van der Waals surface area contributed by atoms with E-state index in [4.69, 9.17) is 0 Å². The Labute approximate surface area is 97.0 Å². The summed E-state index contributed by atoms with van der Waals surface area (Å²) in [5.74, 6) is 0. The first-order valence-electron chi connectivity index (χ1n) is 4.82. The van der Waals surface area contributed by atoms with Gasteiger partial charge >= 0.3 is 0 Å². The number of aryl methyl sites for hydroxylation is 1. The Kier molecular flexibility index (Phi) is 2.65. The fraction of sp³-hybridized carbons (Fsp3) is 0.273. The number of nitrogens with one attached hydrogen (secondary N) is 1. The average Bonchev–Trinajstić information content (AvgIpc) is 2.85. The average molecular weight is 236 g/mol. The lowest BCUT2D eigenvalue weighted by Crippen LogP contribution is -2.23. The fourth-order valence-corrected chi connectivity index (χ4v) is 2.72. The Morgan fingerprint density at radius 3 is 2.94 bits per heavy atom. The monoisotopic (exact) mass is 236 g/mol. The second-order valence-corrected chi connectivity index (χ2v) is 4.70. The summed E-state index contributed by atoms with van der Waals surface area (Å²) in [6.45, 7) is 3.51. The molecular formula is C11H12N2O2S. The number of hydrogen-bond donors (Lipinski definition) is 2. The van der Waals surface area contributed by atoms with Crippen LogP contribution in [0.4, 0.5) is 0 Å². The summed E-state index contributed by atoms with van der Waals surface area (Å²) in [4.78, 5) is 18.4. The minimum atomic E-state index is -1.20. The molecule has 0 amide bonds. The van der Waals surface area contributed by atoms with Crippen LogP contribution in [0.2, 0.25) is 0 Å². The highest BCUT2D eigenvalue weighted by Crippen LogP contribution is 2.35. The van der Waals surface area contributed by atoms with Gasteiger partial charge in [-0.3, -0.25) is 4.79 Å². The first kappa shape index (κ1) is 11.0. The van der Waals surface area contributed by atoms with Gasteiger partial charge in [0.2, 0.25) is 0 Å². The molecule has 2 aromatic rings. The predicted molar refractivity (Wildman–Crippen MR) is 61.7 cm³/mol. The SMILES string of the molecule is Cc1csc(C(C)(O)c2cnc[nH]2)c1C=O. The van der Waals surface area contributed by atoms with E-state index < -0.39 is 5.60 Å². The van der Waals surface area contributed by atoms with Crippen LogP contribution in [0, 0.1) is 6.92 Å². The van der Waals surface area contributed by atoms with E-state index in [1.54, 1.807) is 13.1 Å². The van der Waals surface area contributed by atoms with E-state index in [1.807, 2.05) is 12.3 Å². The van der Waals surface area contributed by atoms with Gasteiger partial charge in [0.15, 0.2) is 6.29 Å². The topological polar surface area (TPSA) is 66.0 Å². The second kappa shape index (κ2) is 3.84. The van der Waals surface area contributed by atoms with E-state index in [-0.39, 0.29) is 0 Å². The van der Waals surface area contributed by atoms with Crippen LogP contribution in [0.15, 0.2) is 17.9 Å². The highest BCUT2D eigenvalue weighted by atomic mass is 32.1. The van der Waals surface area contributed by atoms with Crippen LogP contribution < -0.4 is 0 Å². The summed E-state index contributed by atoms with van der Waals surface area (Å²) in [6.07, 6.45) is 3.85. The van der Waals surface area contributed by atoms with Crippen molar-refractivity contribution in [1.29, 1.82) is 0 Å². The van der Waals surface area contributed by atoms with Crippen molar-refractivity contribution in [1.82, 2.24) is 9.97 Å². The summed E-state index contributed by atoms with van der Waals surface area (Å²) in [7, 11) is 0. The summed E-state index contributed by atoms with van der Waals surface area (Å²) in [6, 6.07) is 0. The number of nitrogens with zero attached hydrogens (tertiary/aromatic N) is 1. The number of carbonyl (C=O) groups excluding carboxylic acids is 1. The number of rotatable bonds is 3. The summed E-state index contributed by atoms with van der Waals surface area (Å²) in [5.41, 5.74) is 0.822. The molecular weight excluding hydrogens is 224 g/mol. The Balaban J connectivity index is 2.55. The number of H-pyrrole nitrogens is 1. The molecule has 2 aromatic heterocycles. The molecule has 0 aliphatic rings. The van der Waals surface area contributed by atoms with Crippen LogP contribution in [-0.2, 0) is 5.60 Å². The van der Waals surface area contributed by atoms with Crippen molar-refractivity contribution in [2.24, 2.45) is 0 Å². The van der Waals surface area contributed by atoms with Crippen LogP contribution in [0.1, 0.15) is 33.4 Å². The molecule has 5 heteroatoms. The third-order valence-corrected chi connectivity index (χ3v) is 3.93. The van der Waals surface area contributed by atoms with E-state index in [0.29, 0.717) is 16.1 Å². The zero-order valence-electron chi connectivity index (χ0n) is 9.02. The fourth-order valence-electron chi connectivity index (χ4n) is 1.62. The summed E-state index contributed by atoms with van der Waals surface area (Å²) < 4.78 is 0. The molecule has 1 atom stereocenters. The van der Waals surface area contributed by atoms with Gasteiger partial charge in [0, 0.05) is 5.56 Å². The molecule has 16 heavy (non-hydrogen) atoms. The summed E-state index contributed by atoms with van der Waals surface area (Å²) >= 11 is 1.38. The quantitative estimate of drug-likeness (QED) is 0.799. The molecule has 2 rings (SSSR count). The van der Waals surface area contributed by atoms with Gasteiger partial charge < -0.3 is 10.1 Å². The normalized spacial score (nSPS) is 14.7. The second-order valence-electron chi connectivity index (χ2n) is 3.82. The maximum Gasteiger partial charge on any atom is 0.151 e. The molecule has 1 unspecified atom stereocenters. The van der Waals surface area contributed by atoms with E-state index in [0.717, 1.165) is 11.8 Å². The van der Waals surface area contributed by atoms with Gasteiger partial charge in [0.1, 0.15) is 5.60 Å². The number of aldehydes is 1. The minimum Gasteiger partial charge on any atom is -0.378 e. The molecule has 0 aromatic carbocycles. The van der Waals surface area contributed by atoms with Crippen molar-refractivity contribution < 1.29 is 9.90 Å². The first-order chi connectivity index (χ1) is 7.57. The van der Waals surface area contributed by atoms with Crippen molar-refractivity contribution in [3.8, 4) is 0 Å². The molecule has 0 saturated heterocycles. The third-order valence-electron chi connectivity index (χ3n) is 2.61. The van der Waals surface area contributed by atoms with Crippen LogP contribution in [0.25, 0.3) is 0 Å². The molecule has 0 spiro atoms. The van der Waals surface area contributed by atoms with Gasteiger partial charge in [-0.1, -0.05) is 0 Å². The van der Waals surface area contributed by atoms with Crippen molar-refractivity contribution in [3.05, 3.63) is 39.6 Å². The number of thiophene rings is 1. The highest BCUT2D eigenvalue weighted by Gasteiger charge is 2.31. The Morgan fingerprint density at radius 1 is 1.62 bits per heavy atom. The van der Waals surface area contributed by atoms with E-state index in [1.165, 1.54) is 17.7 Å². The third kappa shape index (κ3) is 1.58. The van der Waals surface area contributed by atoms with Crippen molar-refractivity contribution in [2.45, 2.75) is 19.4 Å². The smallest absolute Gasteiger partial charge is 0.151 e. The lowest BCUT2D eigenvalue weighted by atomic mass is 9.97. The predicted octanol–water partition coefficient (Wildman–Crippen LogP) is 1.85. The van der Waals surface area contributed by atoms with E-state index >= 15 is 0 Å². The number of imidazole rings is 1. The number of aliphatic hydroxyl groups is 1. The maximum absolute atomic E-state index is 11.0. The van der Waals surface area contributed by atoms with Gasteiger partial charge in [-0.15, -0.1) is 11.3 Å². The molecule has 0 aliphatic heterocycles. The van der Waals surface area contributed by atoms with Crippen LogP contribution in [0.3, 0.4) is 0 Å². The number of carbonyl (C=O) groups is 1.